The van der Waals surface area contributed by atoms with E-state index < -0.39 is 11.2 Å². The van der Waals surface area contributed by atoms with E-state index in [1.165, 1.54) is 45.2 Å². The van der Waals surface area contributed by atoms with Gasteiger partial charge in [0.25, 0.3) is 5.56 Å². The molecule has 0 amide bonds. The maximum atomic E-state index is 15.2. The Kier molecular flexibility index (Phi) is 6.95. The van der Waals surface area contributed by atoms with Gasteiger partial charge in [-0.15, -0.1) is 0 Å². The van der Waals surface area contributed by atoms with Crippen molar-refractivity contribution in [3.8, 4) is 11.9 Å². The minimum absolute atomic E-state index is 0.0888. The Balaban J connectivity index is 1.58. The van der Waals surface area contributed by atoms with Gasteiger partial charge in [0.15, 0.2) is 17.3 Å². The minimum atomic E-state index is -0.941. The number of benzene rings is 1. The maximum absolute atomic E-state index is 15.2. The molecular weight excluding hydrogens is 483 g/mol. The number of halogens is 1. The highest BCUT2D eigenvalue weighted by molar-refractivity contribution is 5.77. The zero-order valence-electron chi connectivity index (χ0n) is 21.9. The predicted octanol–water partition coefficient (Wildman–Crippen LogP) is 4.15. The fourth-order valence-corrected chi connectivity index (χ4v) is 4.80. The lowest BCUT2D eigenvalue weighted by atomic mass is 9.91. The molecule has 0 unspecified atom stereocenters. The number of nitrogens with zero attached hydrogens (tertiary/aromatic N) is 6. The molecule has 5 rings (SSSR count). The normalized spacial score (nSPS) is 14.3. The van der Waals surface area contributed by atoms with Crippen LogP contribution in [-0.2, 0) is 24.8 Å². The van der Waals surface area contributed by atoms with Gasteiger partial charge >= 0.3 is 0 Å². The molecule has 0 atom stereocenters. The van der Waals surface area contributed by atoms with Crippen molar-refractivity contribution in [2.75, 3.05) is 18.4 Å². The van der Waals surface area contributed by atoms with E-state index in [2.05, 4.69) is 43.8 Å². The molecule has 3 aromatic heterocycles. The van der Waals surface area contributed by atoms with Gasteiger partial charge in [-0.05, 0) is 94.9 Å². The van der Waals surface area contributed by atoms with Crippen molar-refractivity contribution >= 4 is 22.7 Å². The van der Waals surface area contributed by atoms with Gasteiger partial charge in [0.2, 0.25) is 5.95 Å². The topological polar surface area (TPSA) is 113 Å². The lowest BCUT2D eigenvalue weighted by Crippen LogP contribution is -2.24. The molecular formula is C28H31FN8O. The highest BCUT2D eigenvalue weighted by Crippen LogP contribution is 2.26. The number of aromatic nitrogens is 5. The second-order valence-corrected chi connectivity index (χ2v) is 10.1. The van der Waals surface area contributed by atoms with Crippen molar-refractivity contribution in [3.05, 3.63) is 69.5 Å². The largest absolute Gasteiger partial charge is 0.324 e. The highest BCUT2D eigenvalue weighted by Gasteiger charge is 2.26. The van der Waals surface area contributed by atoms with E-state index in [1.807, 2.05) is 6.07 Å². The Morgan fingerprint density at radius 3 is 2.76 bits per heavy atom. The van der Waals surface area contributed by atoms with Gasteiger partial charge < -0.3 is 10.6 Å². The van der Waals surface area contributed by atoms with Gasteiger partial charge in [-0.1, -0.05) is 6.07 Å². The van der Waals surface area contributed by atoms with Crippen LogP contribution in [0.25, 0.3) is 16.9 Å². The van der Waals surface area contributed by atoms with Gasteiger partial charge in [0.05, 0.1) is 17.2 Å². The third-order valence-electron chi connectivity index (χ3n) is 7.01. The Morgan fingerprint density at radius 1 is 1.13 bits per heavy atom. The van der Waals surface area contributed by atoms with E-state index in [9.17, 15) is 10.1 Å². The molecule has 196 valence electrons. The number of hydrogen-bond donors (Lipinski definition) is 2. The number of nitrogens with one attached hydrogen (secondary N) is 2. The molecule has 4 aromatic rings. The van der Waals surface area contributed by atoms with E-state index in [0.717, 1.165) is 38.0 Å². The summed E-state index contributed by atoms with van der Waals surface area (Å²) in [7, 11) is 0. The van der Waals surface area contributed by atoms with E-state index in [1.54, 1.807) is 20.8 Å². The molecule has 9 nitrogen and oxygen atoms in total. The Bertz CT molecular complexity index is 1600. The van der Waals surface area contributed by atoms with E-state index in [-0.39, 0.29) is 34.9 Å². The summed E-state index contributed by atoms with van der Waals surface area (Å²) < 4.78 is 17.9. The molecule has 4 heterocycles. The molecule has 1 aromatic carbocycles. The third kappa shape index (κ3) is 4.77. The number of pyridine rings is 1. The van der Waals surface area contributed by atoms with Gasteiger partial charge in [-0.25, -0.2) is 23.7 Å². The molecule has 0 spiro atoms. The number of rotatable bonds is 5. The number of aryl methyl sites for hydroxylation is 1. The first-order chi connectivity index (χ1) is 18.3. The fourth-order valence-electron chi connectivity index (χ4n) is 4.80. The first kappa shape index (κ1) is 25.5. The van der Waals surface area contributed by atoms with Crippen LogP contribution in [-0.4, -0.2) is 37.4 Å². The van der Waals surface area contributed by atoms with E-state index >= 15 is 4.39 Å². The van der Waals surface area contributed by atoms with E-state index in [4.69, 9.17) is 0 Å². The summed E-state index contributed by atoms with van der Waals surface area (Å²) >= 11 is 0. The summed E-state index contributed by atoms with van der Waals surface area (Å²) in [6, 6.07) is 11.2. The van der Waals surface area contributed by atoms with Crippen molar-refractivity contribution in [2.45, 2.75) is 58.4 Å². The van der Waals surface area contributed by atoms with Crippen LogP contribution < -0.4 is 16.2 Å². The van der Waals surface area contributed by atoms with E-state index in [0.29, 0.717) is 5.69 Å². The molecule has 1 aliphatic rings. The summed E-state index contributed by atoms with van der Waals surface area (Å²) in [6.07, 6.45) is 5.76. The third-order valence-corrected chi connectivity index (χ3v) is 7.01. The molecule has 0 saturated carbocycles. The average Bonchev–Trinajstić information content (AvgIpc) is 3.25. The van der Waals surface area contributed by atoms with Crippen LogP contribution >= 0.6 is 0 Å². The zero-order valence-corrected chi connectivity index (χ0v) is 21.9. The van der Waals surface area contributed by atoms with Crippen LogP contribution in [0.2, 0.25) is 0 Å². The fraction of sp³-hybridized carbons (Fsp3) is 0.393. The van der Waals surface area contributed by atoms with Gasteiger partial charge in [0, 0.05) is 18.4 Å². The predicted molar refractivity (Wildman–Crippen MR) is 144 cm³/mol. The Hall–Kier alpha value is -4.10. The van der Waals surface area contributed by atoms with Crippen LogP contribution in [0.4, 0.5) is 16.0 Å². The quantitative estimate of drug-likeness (QED) is 0.411. The lowest BCUT2D eigenvalue weighted by molar-refractivity contribution is 0.527. The molecule has 0 fully saturated rings. The van der Waals surface area contributed by atoms with Crippen LogP contribution in [0.15, 0.2) is 41.3 Å². The second kappa shape index (κ2) is 10.3. The summed E-state index contributed by atoms with van der Waals surface area (Å²) in [5, 5.41) is 16.6. The highest BCUT2D eigenvalue weighted by atomic mass is 19.1. The zero-order chi connectivity index (χ0) is 26.9. The molecule has 2 N–H and O–H groups in total. The van der Waals surface area contributed by atoms with Crippen molar-refractivity contribution < 1.29 is 4.39 Å². The number of fused-ring (bicyclic) bond motifs is 2. The van der Waals surface area contributed by atoms with Gasteiger partial charge in [-0.2, -0.15) is 10.2 Å². The summed E-state index contributed by atoms with van der Waals surface area (Å²) in [5.41, 5.74) is 2.82. The molecule has 0 radical (unpaired) electrons. The number of anilines is 2. The molecule has 38 heavy (non-hydrogen) atoms. The first-order valence-electron chi connectivity index (χ1n) is 13.0. The maximum Gasteiger partial charge on any atom is 0.278 e. The molecule has 1 aliphatic heterocycles. The lowest BCUT2D eigenvalue weighted by Gasteiger charge is -2.17. The molecule has 0 bridgehead atoms. The van der Waals surface area contributed by atoms with Gasteiger partial charge in [-0.3, -0.25) is 4.79 Å². The SMILES string of the molecule is CCn1c(=O)c2cnc(Nc3ccc4c(c3)CCNCCCC4)nc2n1-c1nc(C(C)(C)C#N)ccc1F. The standard InChI is InChI=1S/C28H31FN8O/c1-4-36-26(38)21-16-32-27(33-20-9-8-18-7-5-6-13-31-14-12-19(18)15-20)35-24(21)37(36)25-22(29)10-11-23(34-25)28(2,3)17-30/h8-11,15-16,31H,4-7,12-14H2,1-3H3,(H,32,33,35). The molecule has 0 aliphatic carbocycles. The number of nitriles is 1. The monoisotopic (exact) mass is 514 g/mol. The molecule has 10 heteroatoms. The van der Waals surface area contributed by atoms with Crippen LogP contribution in [0.5, 0.6) is 0 Å². The summed E-state index contributed by atoms with van der Waals surface area (Å²) in [4.78, 5) is 26.6. The van der Waals surface area contributed by atoms with Crippen LogP contribution in [0, 0.1) is 17.1 Å². The average molecular weight is 515 g/mol. The van der Waals surface area contributed by atoms with Crippen molar-refractivity contribution in [2.24, 2.45) is 0 Å². The summed E-state index contributed by atoms with van der Waals surface area (Å²) in [5.74, 6) is -0.426. The summed E-state index contributed by atoms with van der Waals surface area (Å²) in [6.45, 7) is 7.45. The smallest absolute Gasteiger partial charge is 0.278 e. The van der Waals surface area contributed by atoms with Crippen molar-refractivity contribution in [1.82, 2.24) is 29.6 Å². The molecule has 0 saturated heterocycles. The Labute approximate surface area is 220 Å². The van der Waals surface area contributed by atoms with Crippen molar-refractivity contribution in [3.63, 3.8) is 0 Å². The Morgan fingerprint density at radius 2 is 1.97 bits per heavy atom. The first-order valence-corrected chi connectivity index (χ1v) is 13.0. The second-order valence-electron chi connectivity index (χ2n) is 10.1. The van der Waals surface area contributed by atoms with Crippen LogP contribution in [0.1, 0.15) is 50.4 Å². The number of hydrogen-bond acceptors (Lipinski definition) is 7. The minimum Gasteiger partial charge on any atom is -0.324 e. The van der Waals surface area contributed by atoms with Crippen LogP contribution in [0.3, 0.4) is 0 Å². The van der Waals surface area contributed by atoms with Crippen molar-refractivity contribution in [1.29, 1.82) is 5.26 Å². The van der Waals surface area contributed by atoms with Gasteiger partial charge in [0.1, 0.15) is 5.39 Å².